The molecule has 1 aliphatic heterocycles. The van der Waals surface area contributed by atoms with Crippen LogP contribution in [0, 0.1) is 5.92 Å². The first-order valence-corrected chi connectivity index (χ1v) is 13.2. The van der Waals surface area contributed by atoms with Crippen molar-refractivity contribution in [1.29, 1.82) is 0 Å². The summed E-state index contributed by atoms with van der Waals surface area (Å²) in [6.45, 7) is 3.63. The Morgan fingerprint density at radius 3 is 2.42 bits per heavy atom. The molecule has 6 nitrogen and oxygen atoms in total. The second kappa shape index (κ2) is 13.7. The molecule has 1 heterocycles. The smallest absolute Gasteiger partial charge is 0.303 e. The summed E-state index contributed by atoms with van der Waals surface area (Å²) in [4.78, 5) is 13.1. The largest absolute Gasteiger partial charge is 0.481 e. The fourth-order valence-corrected chi connectivity index (χ4v) is 5.52. The summed E-state index contributed by atoms with van der Waals surface area (Å²) < 4.78 is 12.0. The molecule has 1 aliphatic carbocycles. The van der Waals surface area contributed by atoms with Crippen molar-refractivity contribution in [3.63, 3.8) is 0 Å². The highest BCUT2D eigenvalue weighted by atomic mass is 16.5. The third kappa shape index (κ3) is 7.50. The van der Waals surface area contributed by atoms with Crippen molar-refractivity contribution in [2.75, 3.05) is 26.3 Å². The molecule has 0 bridgehead atoms. The standard InChI is InChI=1S/C30H39NO5/c32-27-21-28(36-22-23-13-15-25(16-14-23)24-9-5-4-6-10-24)26(30(27)31-17-19-35-20-18-31)11-7-2-1-3-8-12-29(33)34/h1-2,4-6,9-10,13-16,26-28,30,32H,3,7-8,11-12,17-22H2,(H,33,34)/t26-,27+,28-,30+/m0/s1. The van der Waals surface area contributed by atoms with E-state index in [1.165, 1.54) is 11.1 Å². The highest BCUT2D eigenvalue weighted by molar-refractivity contribution is 5.66. The summed E-state index contributed by atoms with van der Waals surface area (Å²) in [6.07, 6.45) is 7.98. The van der Waals surface area contributed by atoms with Crippen LogP contribution in [0.3, 0.4) is 0 Å². The number of aliphatic hydroxyl groups is 1. The number of hydrogen-bond acceptors (Lipinski definition) is 5. The fraction of sp³-hybridized carbons (Fsp3) is 0.500. The molecule has 0 unspecified atom stereocenters. The lowest BCUT2D eigenvalue weighted by atomic mass is 9.93. The average molecular weight is 494 g/mol. The highest BCUT2D eigenvalue weighted by Crippen LogP contribution is 2.37. The van der Waals surface area contributed by atoms with Crippen LogP contribution >= 0.6 is 0 Å². The van der Waals surface area contributed by atoms with Crippen molar-refractivity contribution in [2.24, 2.45) is 5.92 Å². The van der Waals surface area contributed by atoms with Crippen LogP contribution in [0.5, 0.6) is 0 Å². The minimum Gasteiger partial charge on any atom is -0.481 e. The van der Waals surface area contributed by atoms with E-state index in [9.17, 15) is 9.90 Å². The molecule has 4 rings (SSSR count). The molecular weight excluding hydrogens is 454 g/mol. The van der Waals surface area contributed by atoms with Gasteiger partial charge in [0, 0.05) is 37.9 Å². The topological polar surface area (TPSA) is 79.2 Å². The molecular formula is C30H39NO5. The summed E-state index contributed by atoms with van der Waals surface area (Å²) >= 11 is 0. The van der Waals surface area contributed by atoms with Gasteiger partial charge in [-0.3, -0.25) is 9.69 Å². The van der Waals surface area contributed by atoms with Crippen LogP contribution in [-0.4, -0.2) is 65.6 Å². The van der Waals surface area contributed by atoms with Crippen molar-refractivity contribution < 1.29 is 24.5 Å². The second-order valence-electron chi connectivity index (χ2n) is 9.85. The number of aliphatic carboxylic acids is 1. The Kier molecular flexibility index (Phi) is 10.1. The zero-order chi connectivity index (χ0) is 25.2. The molecule has 0 amide bonds. The van der Waals surface area contributed by atoms with Gasteiger partial charge in [-0.05, 0) is 42.4 Å². The van der Waals surface area contributed by atoms with E-state index in [1.54, 1.807) is 0 Å². The van der Waals surface area contributed by atoms with Crippen molar-refractivity contribution >= 4 is 5.97 Å². The first-order valence-electron chi connectivity index (χ1n) is 13.2. The Morgan fingerprint density at radius 1 is 1.00 bits per heavy atom. The number of carboxylic acid groups (broad SMARTS) is 1. The number of rotatable bonds is 12. The monoisotopic (exact) mass is 493 g/mol. The van der Waals surface area contributed by atoms with E-state index in [1.807, 2.05) is 18.2 Å². The number of hydrogen-bond donors (Lipinski definition) is 2. The van der Waals surface area contributed by atoms with Gasteiger partial charge in [0.1, 0.15) is 0 Å². The minimum atomic E-state index is -0.744. The van der Waals surface area contributed by atoms with Gasteiger partial charge in [-0.1, -0.05) is 66.7 Å². The first-order chi connectivity index (χ1) is 17.6. The third-order valence-electron chi connectivity index (χ3n) is 7.37. The maximum atomic E-state index is 11.0. The molecule has 2 fully saturated rings. The summed E-state index contributed by atoms with van der Waals surface area (Å²) in [7, 11) is 0. The molecule has 4 atom stereocenters. The van der Waals surface area contributed by atoms with Gasteiger partial charge in [0.25, 0.3) is 0 Å². The Labute approximate surface area is 214 Å². The first kappa shape index (κ1) is 26.6. The van der Waals surface area contributed by atoms with E-state index in [-0.39, 0.29) is 24.5 Å². The van der Waals surface area contributed by atoms with Crippen molar-refractivity contribution in [3.05, 3.63) is 72.3 Å². The number of allylic oxidation sites excluding steroid dienone is 2. The van der Waals surface area contributed by atoms with E-state index in [0.29, 0.717) is 32.7 Å². The quantitative estimate of drug-likeness (QED) is 0.323. The normalized spacial score (nSPS) is 24.9. The molecule has 6 heteroatoms. The van der Waals surface area contributed by atoms with Crippen molar-refractivity contribution in [1.82, 2.24) is 4.90 Å². The van der Waals surface area contributed by atoms with Crippen molar-refractivity contribution in [3.8, 4) is 11.1 Å². The van der Waals surface area contributed by atoms with E-state index in [0.717, 1.165) is 37.9 Å². The van der Waals surface area contributed by atoms with Crippen LogP contribution in [0.2, 0.25) is 0 Å². The van der Waals surface area contributed by atoms with Gasteiger partial charge < -0.3 is 19.7 Å². The molecule has 194 valence electrons. The van der Waals surface area contributed by atoms with Gasteiger partial charge in [0.15, 0.2) is 0 Å². The zero-order valence-corrected chi connectivity index (χ0v) is 21.0. The number of benzene rings is 2. The molecule has 0 spiro atoms. The summed E-state index contributed by atoms with van der Waals surface area (Å²) in [5.41, 5.74) is 3.53. The molecule has 2 N–H and O–H groups in total. The number of morpholine rings is 1. The van der Waals surface area contributed by atoms with Crippen LogP contribution < -0.4 is 0 Å². The predicted octanol–water partition coefficient (Wildman–Crippen LogP) is 4.91. The van der Waals surface area contributed by atoms with E-state index in [2.05, 4.69) is 53.5 Å². The van der Waals surface area contributed by atoms with Gasteiger partial charge >= 0.3 is 5.97 Å². The van der Waals surface area contributed by atoms with Gasteiger partial charge in [0.2, 0.25) is 0 Å². The number of carboxylic acids is 1. The third-order valence-corrected chi connectivity index (χ3v) is 7.37. The molecule has 1 saturated heterocycles. The number of carbonyl (C=O) groups is 1. The Morgan fingerprint density at radius 2 is 1.69 bits per heavy atom. The van der Waals surface area contributed by atoms with Crippen molar-refractivity contribution in [2.45, 2.75) is 63.4 Å². The molecule has 2 aromatic rings. The van der Waals surface area contributed by atoms with E-state index >= 15 is 0 Å². The molecule has 2 aliphatic rings. The number of aliphatic hydroxyl groups excluding tert-OH is 1. The fourth-order valence-electron chi connectivity index (χ4n) is 5.52. The number of nitrogens with zero attached hydrogens (tertiary/aromatic N) is 1. The molecule has 0 aromatic heterocycles. The minimum absolute atomic E-state index is 0.00190. The lowest BCUT2D eigenvalue weighted by Crippen LogP contribution is -2.50. The Hall–Kier alpha value is -2.51. The maximum Gasteiger partial charge on any atom is 0.303 e. The van der Waals surface area contributed by atoms with Crippen LogP contribution in [0.15, 0.2) is 66.7 Å². The maximum absolute atomic E-state index is 11.0. The van der Waals surface area contributed by atoms with Crippen LogP contribution in [0.4, 0.5) is 0 Å². The average Bonchev–Trinajstić information content (AvgIpc) is 3.22. The summed E-state index contributed by atoms with van der Waals surface area (Å²) in [6, 6.07) is 19.0. The molecule has 2 aromatic carbocycles. The molecule has 1 saturated carbocycles. The van der Waals surface area contributed by atoms with E-state index in [4.69, 9.17) is 14.6 Å². The SMILES string of the molecule is O=C(O)CCCC=CCC[C@@H]1[C@@H](N2CCOCC2)[C@H](O)C[C@@H]1OCc1ccc(-c2ccccc2)cc1. The van der Waals surface area contributed by atoms with Gasteiger partial charge in [0.05, 0.1) is 32.0 Å². The van der Waals surface area contributed by atoms with Crippen LogP contribution in [-0.2, 0) is 20.9 Å². The highest BCUT2D eigenvalue weighted by Gasteiger charge is 2.45. The summed E-state index contributed by atoms with van der Waals surface area (Å²) in [5, 5.41) is 19.8. The molecule has 36 heavy (non-hydrogen) atoms. The second-order valence-corrected chi connectivity index (χ2v) is 9.85. The Balaban J connectivity index is 1.35. The van der Waals surface area contributed by atoms with Gasteiger partial charge in [-0.2, -0.15) is 0 Å². The Bertz CT molecular complexity index is 955. The van der Waals surface area contributed by atoms with Gasteiger partial charge in [-0.25, -0.2) is 0 Å². The van der Waals surface area contributed by atoms with Crippen LogP contribution in [0.25, 0.3) is 11.1 Å². The van der Waals surface area contributed by atoms with Crippen LogP contribution in [0.1, 0.15) is 44.1 Å². The molecule has 0 radical (unpaired) electrons. The zero-order valence-electron chi connectivity index (χ0n) is 21.0. The summed E-state index contributed by atoms with van der Waals surface area (Å²) in [5.74, 6) is -0.503. The number of ether oxygens (including phenoxy) is 2. The lowest BCUT2D eigenvalue weighted by molar-refractivity contribution is -0.137. The van der Waals surface area contributed by atoms with E-state index < -0.39 is 12.1 Å². The lowest BCUT2D eigenvalue weighted by Gasteiger charge is -2.38. The predicted molar refractivity (Wildman–Crippen MR) is 141 cm³/mol. The van der Waals surface area contributed by atoms with Gasteiger partial charge in [-0.15, -0.1) is 0 Å². The number of unbranched alkanes of at least 4 members (excludes halogenated alkanes) is 1.